The van der Waals surface area contributed by atoms with Gasteiger partial charge in [-0.3, -0.25) is 4.79 Å². The molecule has 0 unspecified atom stereocenters. The zero-order valence-corrected chi connectivity index (χ0v) is 13.7. The lowest BCUT2D eigenvalue weighted by Crippen LogP contribution is -2.42. The van der Waals surface area contributed by atoms with Gasteiger partial charge in [0.2, 0.25) is 0 Å². The molecule has 0 fully saturated rings. The molecule has 0 aliphatic rings. The summed E-state index contributed by atoms with van der Waals surface area (Å²) in [4.78, 5) is 23.6. The number of hydrogen-bond acceptors (Lipinski definition) is 3. The third-order valence-corrected chi connectivity index (χ3v) is 3.68. The maximum Gasteiger partial charge on any atom is 0.417 e. The molecule has 0 aliphatic heterocycles. The number of benzene rings is 2. The Kier molecular flexibility index (Phi) is 5.86. The second kappa shape index (κ2) is 7.90. The van der Waals surface area contributed by atoms with E-state index in [0.29, 0.717) is 11.3 Å². The molecule has 0 spiro atoms. The molecule has 0 aliphatic carbocycles. The van der Waals surface area contributed by atoms with Crippen LogP contribution in [0, 0.1) is 0 Å². The molecule has 0 heterocycles. The Hall–Kier alpha value is -3.03. The fraction of sp³-hybridized carbons (Fsp3) is 0.222. The van der Waals surface area contributed by atoms with Gasteiger partial charge in [-0.1, -0.05) is 24.3 Å². The van der Waals surface area contributed by atoms with E-state index < -0.39 is 35.2 Å². The summed E-state index contributed by atoms with van der Waals surface area (Å²) >= 11 is 0. The van der Waals surface area contributed by atoms with E-state index in [0.717, 1.165) is 18.2 Å². The SMILES string of the molecule is COc1ccc(C[C@H](NC(=O)c2ccccc2C(F)(F)F)C(=O)O)cc1. The highest BCUT2D eigenvalue weighted by Crippen LogP contribution is 2.31. The summed E-state index contributed by atoms with van der Waals surface area (Å²) in [7, 11) is 1.48. The van der Waals surface area contributed by atoms with Crippen LogP contribution in [-0.2, 0) is 17.4 Å². The number of carbonyl (C=O) groups is 2. The summed E-state index contributed by atoms with van der Waals surface area (Å²) in [6, 6.07) is 9.31. The largest absolute Gasteiger partial charge is 0.497 e. The molecule has 0 radical (unpaired) electrons. The van der Waals surface area contributed by atoms with Crippen LogP contribution in [0.5, 0.6) is 5.75 Å². The van der Waals surface area contributed by atoms with Crippen LogP contribution in [0.25, 0.3) is 0 Å². The number of nitrogens with one attached hydrogen (secondary N) is 1. The molecule has 5 nitrogen and oxygen atoms in total. The summed E-state index contributed by atoms with van der Waals surface area (Å²) in [6.07, 6.45) is -4.80. The molecule has 0 saturated heterocycles. The van der Waals surface area contributed by atoms with Gasteiger partial charge in [0.25, 0.3) is 5.91 Å². The topological polar surface area (TPSA) is 75.6 Å². The van der Waals surface area contributed by atoms with E-state index in [1.807, 2.05) is 0 Å². The van der Waals surface area contributed by atoms with Crippen LogP contribution >= 0.6 is 0 Å². The molecule has 1 atom stereocenters. The third-order valence-electron chi connectivity index (χ3n) is 3.68. The molecule has 26 heavy (non-hydrogen) atoms. The molecule has 2 N–H and O–H groups in total. The van der Waals surface area contributed by atoms with Crippen LogP contribution < -0.4 is 10.1 Å². The second-order valence-electron chi connectivity index (χ2n) is 5.46. The minimum Gasteiger partial charge on any atom is -0.497 e. The van der Waals surface area contributed by atoms with E-state index in [2.05, 4.69) is 5.32 Å². The van der Waals surface area contributed by atoms with Crippen LogP contribution in [-0.4, -0.2) is 30.1 Å². The molecule has 2 aromatic carbocycles. The molecule has 2 aromatic rings. The van der Waals surface area contributed by atoms with Gasteiger partial charge in [-0.05, 0) is 29.8 Å². The smallest absolute Gasteiger partial charge is 0.417 e. The Labute approximate surface area is 147 Å². The van der Waals surface area contributed by atoms with Crippen LogP contribution in [0.4, 0.5) is 13.2 Å². The number of carboxylic acid groups (broad SMARTS) is 1. The van der Waals surface area contributed by atoms with Crippen molar-refractivity contribution in [2.24, 2.45) is 0 Å². The van der Waals surface area contributed by atoms with E-state index in [4.69, 9.17) is 4.74 Å². The maximum atomic E-state index is 13.0. The van der Waals surface area contributed by atoms with Crippen molar-refractivity contribution in [1.29, 1.82) is 0 Å². The molecular formula is C18H16F3NO4. The van der Waals surface area contributed by atoms with Crippen molar-refractivity contribution in [3.05, 3.63) is 65.2 Å². The van der Waals surface area contributed by atoms with Crippen molar-refractivity contribution < 1.29 is 32.6 Å². The molecule has 138 valence electrons. The Morgan fingerprint density at radius 1 is 1.12 bits per heavy atom. The van der Waals surface area contributed by atoms with E-state index in [9.17, 15) is 27.9 Å². The number of aliphatic carboxylic acids is 1. The maximum absolute atomic E-state index is 13.0. The molecule has 2 rings (SSSR count). The zero-order chi connectivity index (χ0) is 19.3. The predicted octanol–water partition coefficient (Wildman–Crippen LogP) is 3.14. The van der Waals surface area contributed by atoms with Gasteiger partial charge in [0.05, 0.1) is 18.2 Å². The van der Waals surface area contributed by atoms with Gasteiger partial charge < -0.3 is 15.2 Å². The molecule has 0 saturated carbocycles. The summed E-state index contributed by atoms with van der Waals surface area (Å²) < 4.78 is 44.0. The quantitative estimate of drug-likeness (QED) is 0.823. The third kappa shape index (κ3) is 4.75. The molecule has 0 bridgehead atoms. The molecular weight excluding hydrogens is 351 g/mol. The average molecular weight is 367 g/mol. The first kappa shape index (κ1) is 19.3. The number of hydrogen-bond donors (Lipinski definition) is 2. The van der Waals surface area contributed by atoms with Gasteiger partial charge in [0, 0.05) is 6.42 Å². The predicted molar refractivity (Wildman–Crippen MR) is 87.0 cm³/mol. The number of methoxy groups -OCH3 is 1. The Morgan fingerprint density at radius 3 is 2.27 bits per heavy atom. The number of carbonyl (C=O) groups excluding carboxylic acids is 1. The van der Waals surface area contributed by atoms with E-state index >= 15 is 0 Å². The fourth-order valence-corrected chi connectivity index (χ4v) is 2.36. The lowest BCUT2D eigenvalue weighted by molar-refractivity contribution is -0.139. The van der Waals surface area contributed by atoms with Gasteiger partial charge in [0.15, 0.2) is 0 Å². The van der Waals surface area contributed by atoms with Crippen molar-refractivity contribution in [2.45, 2.75) is 18.6 Å². The Morgan fingerprint density at radius 2 is 1.73 bits per heavy atom. The highest BCUT2D eigenvalue weighted by molar-refractivity contribution is 5.98. The van der Waals surface area contributed by atoms with Crippen molar-refractivity contribution in [1.82, 2.24) is 5.32 Å². The van der Waals surface area contributed by atoms with Gasteiger partial charge in [-0.25, -0.2) is 4.79 Å². The number of halogens is 3. The van der Waals surface area contributed by atoms with Crippen LogP contribution in [0.3, 0.4) is 0 Å². The molecule has 8 heteroatoms. The Bertz CT molecular complexity index is 788. The van der Waals surface area contributed by atoms with E-state index in [-0.39, 0.29) is 6.42 Å². The van der Waals surface area contributed by atoms with Crippen LogP contribution in [0.2, 0.25) is 0 Å². The summed E-state index contributed by atoms with van der Waals surface area (Å²) in [5.41, 5.74) is -1.16. The van der Waals surface area contributed by atoms with Crippen LogP contribution in [0.15, 0.2) is 48.5 Å². The number of amides is 1. The van der Waals surface area contributed by atoms with Crippen LogP contribution in [0.1, 0.15) is 21.5 Å². The van der Waals surface area contributed by atoms with Crippen molar-refractivity contribution in [2.75, 3.05) is 7.11 Å². The first-order chi connectivity index (χ1) is 12.2. The summed E-state index contributed by atoms with van der Waals surface area (Å²) in [6.45, 7) is 0. The monoisotopic (exact) mass is 367 g/mol. The lowest BCUT2D eigenvalue weighted by Gasteiger charge is -2.17. The average Bonchev–Trinajstić information content (AvgIpc) is 2.61. The highest BCUT2D eigenvalue weighted by atomic mass is 19.4. The van der Waals surface area contributed by atoms with Gasteiger partial charge in [-0.15, -0.1) is 0 Å². The van der Waals surface area contributed by atoms with E-state index in [1.54, 1.807) is 24.3 Å². The zero-order valence-electron chi connectivity index (χ0n) is 13.7. The number of rotatable bonds is 6. The second-order valence-corrected chi connectivity index (χ2v) is 5.46. The summed E-state index contributed by atoms with van der Waals surface area (Å²) in [5, 5.41) is 11.5. The number of carboxylic acids is 1. The molecule has 0 aromatic heterocycles. The first-order valence-electron chi connectivity index (χ1n) is 7.55. The lowest BCUT2D eigenvalue weighted by atomic mass is 10.0. The summed E-state index contributed by atoms with van der Waals surface area (Å²) in [5.74, 6) is -1.87. The van der Waals surface area contributed by atoms with Gasteiger partial charge >= 0.3 is 12.1 Å². The van der Waals surface area contributed by atoms with E-state index in [1.165, 1.54) is 13.2 Å². The van der Waals surface area contributed by atoms with Crippen molar-refractivity contribution in [3.63, 3.8) is 0 Å². The fourth-order valence-electron chi connectivity index (χ4n) is 2.36. The first-order valence-corrected chi connectivity index (χ1v) is 7.55. The van der Waals surface area contributed by atoms with Crippen molar-refractivity contribution >= 4 is 11.9 Å². The highest BCUT2D eigenvalue weighted by Gasteiger charge is 2.35. The number of ether oxygens (including phenoxy) is 1. The van der Waals surface area contributed by atoms with Gasteiger partial charge in [-0.2, -0.15) is 13.2 Å². The number of alkyl halides is 3. The standard InChI is InChI=1S/C18H16F3NO4/c1-26-12-8-6-11(7-9-12)10-15(17(24)25)22-16(23)13-4-2-3-5-14(13)18(19,20)21/h2-9,15H,10H2,1H3,(H,22,23)(H,24,25)/t15-/m0/s1. The minimum absolute atomic E-state index is 0.0841. The van der Waals surface area contributed by atoms with Crippen molar-refractivity contribution in [3.8, 4) is 5.75 Å². The Balaban J connectivity index is 2.20. The molecule has 1 amide bonds. The normalized spacial score (nSPS) is 12.3. The minimum atomic E-state index is -4.72. The van der Waals surface area contributed by atoms with Gasteiger partial charge in [0.1, 0.15) is 11.8 Å².